The quantitative estimate of drug-likeness (QED) is 0.763. The van der Waals surface area contributed by atoms with Crippen LogP contribution in [0.25, 0.3) is 0 Å². The van der Waals surface area contributed by atoms with Crippen LogP contribution >= 0.6 is 0 Å². The Morgan fingerprint density at radius 3 is 2.24 bits per heavy atom. The molecule has 2 nitrogen and oxygen atoms in total. The van der Waals surface area contributed by atoms with E-state index in [9.17, 15) is 5.11 Å². The standard InChI is InChI=1S/C15H27NO/c1-12(2)14-7-9-16(10-8-14)11-13-3-5-15(17)6-4-13/h13-15,17H,1,3-11H2,2H3. The maximum atomic E-state index is 9.51. The van der Waals surface area contributed by atoms with Crippen LogP contribution in [-0.2, 0) is 0 Å². The van der Waals surface area contributed by atoms with E-state index in [0.717, 1.165) is 24.7 Å². The van der Waals surface area contributed by atoms with Crippen molar-refractivity contribution in [2.24, 2.45) is 11.8 Å². The summed E-state index contributed by atoms with van der Waals surface area (Å²) in [6, 6.07) is 0. The minimum Gasteiger partial charge on any atom is -0.393 e. The molecule has 17 heavy (non-hydrogen) atoms. The molecule has 98 valence electrons. The van der Waals surface area contributed by atoms with E-state index in [-0.39, 0.29) is 6.10 Å². The molecule has 0 spiro atoms. The molecule has 0 atom stereocenters. The van der Waals surface area contributed by atoms with Crippen molar-refractivity contribution in [1.29, 1.82) is 0 Å². The summed E-state index contributed by atoms with van der Waals surface area (Å²) in [7, 11) is 0. The molecule has 0 amide bonds. The Labute approximate surface area is 106 Å². The molecule has 1 saturated carbocycles. The molecule has 0 unspecified atom stereocenters. The number of allylic oxidation sites excluding steroid dienone is 1. The fraction of sp³-hybridized carbons (Fsp3) is 0.867. The summed E-state index contributed by atoms with van der Waals surface area (Å²) in [6.45, 7) is 10.0. The molecule has 2 fully saturated rings. The number of piperidine rings is 1. The van der Waals surface area contributed by atoms with E-state index < -0.39 is 0 Å². The van der Waals surface area contributed by atoms with E-state index in [1.165, 1.54) is 50.9 Å². The van der Waals surface area contributed by atoms with Crippen LogP contribution in [0.15, 0.2) is 12.2 Å². The van der Waals surface area contributed by atoms with E-state index in [1.807, 2.05) is 0 Å². The molecule has 1 saturated heterocycles. The van der Waals surface area contributed by atoms with Crippen molar-refractivity contribution in [3.05, 3.63) is 12.2 Å². The van der Waals surface area contributed by atoms with Crippen LogP contribution in [0.1, 0.15) is 45.4 Å². The normalized spacial score (nSPS) is 32.6. The lowest BCUT2D eigenvalue weighted by molar-refractivity contribution is 0.0867. The number of rotatable bonds is 3. The summed E-state index contributed by atoms with van der Waals surface area (Å²) in [6.07, 6.45) is 7.07. The number of aliphatic hydroxyl groups is 1. The summed E-state index contributed by atoms with van der Waals surface area (Å²) in [5.41, 5.74) is 1.37. The van der Waals surface area contributed by atoms with Gasteiger partial charge in [-0.25, -0.2) is 0 Å². The van der Waals surface area contributed by atoms with Crippen LogP contribution in [-0.4, -0.2) is 35.7 Å². The number of hydrogen-bond donors (Lipinski definition) is 1. The first-order valence-corrected chi connectivity index (χ1v) is 7.21. The van der Waals surface area contributed by atoms with E-state index in [4.69, 9.17) is 0 Å². The Balaban J connectivity index is 1.69. The third-order valence-corrected chi connectivity index (χ3v) is 4.62. The molecule has 2 aliphatic rings. The molecule has 0 aromatic carbocycles. The van der Waals surface area contributed by atoms with Gasteiger partial charge in [0.1, 0.15) is 0 Å². The zero-order valence-corrected chi connectivity index (χ0v) is 11.2. The van der Waals surface area contributed by atoms with Gasteiger partial charge in [0.2, 0.25) is 0 Å². The predicted octanol–water partition coefficient (Wildman–Crippen LogP) is 2.83. The van der Waals surface area contributed by atoms with Gasteiger partial charge < -0.3 is 10.0 Å². The number of nitrogens with zero attached hydrogens (tertiary/aromatic N) is 1. The average Bonchev–Trinajstić information content (AvgIpc) is 2.33. The fourth-order valence-electron chi connectivity index (χ4n) is 3.30. The first-order chi connectivity index (χ1) is 8.15. The monoisotopic (exact) mass is 237 g/mol. The lowest BCUT2D eigenvalue weighted by atomic mass is 9.85. The summed E-state index contributed by atoms with van der Waals surface area (Å²) in [5.74, 6) is 1.60. The van der Waals surface area contributed by atoms with Gasteiger partial charge in [-0.3, -0.25) is 0 Å². The van der Waals surface area contributed by atoms with Crippen LogP contribution in [0.4, 0.5) is 0 Å². The van der Waals surface area contributed by atoms with Gasteiger partial charge in [0.05, 0.1) is 6.10 Å². The highest BCUT2D eigenvalue weighted by Crippen LogP contribution is 2.28. The largest absolute Gasteiger partial charge is 0.393 e. The second kappa shape index (κ2) is 6.01. The molecule has 0 bridgehead atoms. The third-order valence-electron chi connectivity index (χ3n) is 4.62. The van der Waals surface area contributed by atoms with Gasteiger partial charge in [0, 0.05) is 6.54 Å². The summed E-state index contributed by atoms with van der Waals surface area (Å²) in [4.78, 5) is 2.63. The molecule has 2 rings (SSSR count). The Morgan fingerprint density at radius 2 is 1.71 bits per heavy atom. The Bertz CT molecular complexity index is 248. The lowest BCUT2D eigenvalue weighted by Crippen LogP contribution is -2.38. The number of aliphatic hydroxyl groups excluding tert-OH is 1. The Hall–Kier alpha value is -0.340. The lowest BCUT2D eigenvalue weighted by Gasteiger charge is -2.36. The maximum Gasteiger partial charge on any atom is 0.0540 e. The highest BCUT2D eigenvalue weighted by atomic mass is 16.3. The van der Waals surface area contributed by atoms with Crippen molar-refractivity contribution < 1.29 is 5.11 Å². The SMILES string of the molecule is C=C(C)C1CCN(CC2CCC(O)CC2)CC1. The predicted molar refractivity (Wildman–Crippen MR) is 71.9 cm³/mol. The van der Waals surface area contributed by atoms with Gasteiger partial charge in [0.25, 0.3) is 0 Å². The maximum absolute atomic E-state index is 9.51. The van der Waals surface area contributed by atoms with Crippen molar-refractivity contribution in [2.75, 3.05) is 19.6 Å². The van der Waals surface area contributed by atoms with Crippen LogP contribution in [0.5, 0.6) is 0 Å². The first kappa shape index (κ1) is 13.1. The van der Waals surface area contributed by atoms with E-state index in [0.29, 0.717) is 0 Å². The van der Waals surface area contributed by atoms with Gasteiger partial charge in [-0.05, 0) is 70.4 Å². The van der Waals surface area contributed by atoms with Crippen molar-refractivity contribution in [2.45, 2.75) is 51.6 Å². The molecule has 0 aromatic rings. The van der Waals surface area contributed by atoms with Gasteiger partial charge in [0.15, 0.2) is 0 Å². The van der Waals surface area contributed by atoms with Gasteiger partial charge in [-0.2, -0.15) is 0 Å². The fourth-order valence-corrected chi connectivity index (χ4v) is 3.30. The minimum atomic E-state index is -0.0135. The number of likely N-dealkylation sites (tertiary alicyclic amines) is 1. The molecule has 0 radical (unpaired) electrons. The topological polar surface area (TPSA) is 23.5 Å². The second-order valence-electron chi connectivity index (χ2n) is 6.10. The Morgan fingerprint density at radius 1 is 1.12 bits per heavy atom. The van der Waals surface area contributed by atoms with E-state index >= 15 is 0 Å². The van der Waals surface area contributed by atoms with Crippen molar-refractivity contribution in [3.63, 3.8) is 0 Å². The van der Waals surface area contributed by atoms with Crippen molar-refractivity contribution in [3.8, 4) is 0 Å². The molecule has 1 N–H and O–H groups in total. The average molecular weight is 237 g/mol. The van der Waals surface area contributed by atoms with Crippen LogP contribution in [0.3, 0.4) is 0 Å². The summed E-state index contributed by atoms with van der Waals surface area (Å²) in [5, 5.41) is 9.51. The highest BCUT2D eigenvalue weighted by Gasteiger charge is 2.24. The molecule has 1 heterocycles. The van der Waals surface area contributed by atoms with Gasteiger partial charge in [-0.15, -0.1) is 0 Å². The molecular weight excluding hydrogens is 210 g/mol. The van der Waals surface area contributed by atoms with Crippen LogP contribution < -0.4 is 0 Å². The Kier molecular flexibility index (Phi) is 4.63. The molecule has 0 aromatic heterocycles. The highest BCUT2D eigenvalue weighted by molar-refractivity contribution is 4.98. The van der Waals surface area contributed by atoms with Gasteiger partial charge >= 0.3 is 0 Å². The number of hydrogen-bond acceptors (Lipinski definition) is 2. The van der Waals surface area contributed by atoms with Crippen LogP contribution in [0, 0.1) is 11.8 Å². The summed E-state index contributed by atoms with van der Waals surface area (Å²) < 4.78 is 0. The molecular formula is C15H27NO. The van der Waals surface area contributed by atoms with Crippen molar-refractivity contribution >= 4 is 0 Å². The molecule has 1 aliphatic carbocycles. The smallest absolute Gasteiger partial charge is 0.0540 e. The third kappa shape index (κ3) is 3.82. The zero-order chi connectivity index (χ0) is 12.3. The molecule has 2 heteroatoms. The molecule has 1 aliphatic heterocycles. The van der Waals surface area contributed by atoms with E-state index in [1.54, 1.807) is 0 Å². The van der Waals surface area contributed by atoms with Crippen molar-refractivity contribution in [1.82, 2.24) is 4.90 Å². The van der Waals surface area contributed by atoms with Crippen LogP contribution in [0.2, 0.25) is 0 Å². The summed E-state index contributed by atoms with van der Waals surface area (Å²) >= 11 is 0. The van der Waals surface area contributed by atoms with Gasteiger partial charge in [-0.1, -0.05) is 12.2 Å². The first-order valence-electron chi connectivity index (χ1n) is 7.21. The minimum absolute atomic E-state index is 0.0135. The second-order valence-corrected chi connectivity index (χ2v) is 6.10. The zero-order valence-electron chi connectivity index (χ0n) is 11.2. The van der Waals surface area contributed by atoms with E-state index in [2.05, 4.69) is 18.4 Å².